The van der Waals surface area contributed by atoms with Gasteiger partial charge in [0.1, 0.15) is 0 Å². The molecule has 1 aromatic rings. The van der Waals surface area contributed by atoms with Gasteiger partial charge in [0.15, 0.2) is 0 Å². The molecule has 0 N–H and O–H groups in total. The fourth-order valence-corrected chi connectivity index (χ4v) is 5.53. The number of rotatable bonds is 4. The first-order valence-electron chi connectivity index (χ1n) is 7.33. The summed E-state index contributed by atoms with van der Waals surface area (Å²) in [5.41, 5.74) is 1.82. The van der Waals surface area contributed by atoms with Gasteiger partial charge in [-0.3, -0.25) is 9.88 Å². The van der Waals surface area contributed by atoms with E-state index in [0.29, 0.717) is 32.8 Å². The summed E-state index contributed by atoms with van der Waals surface area (Å²) >= 11 is 1.62. The van der Waals surface area contributed by atoms with Gasteiger partial charge in [-0.1, -0.05) is 0 Å². The first-order chi connectivity index (χ1) is 10.2. The Labute approximate surface area is 129 Å². The average molecular weight is 331 g/mol. The summed E-state index contributed by atoms with van der Waals surface area (Å²) in [6.45, 7) is 4.40. The minimum atomic E-state index is -3.20. The summed E-state index contributed by atoms with van der Waals surface area (Å²) < 4.78 is 32.3. The minimum absolute atomic E-state index is 0.280. The molecule has 0 aliphatic carbocycles. The molecule has 0 unspecified atom stereocenters. The van der Waals surface area contributed by atoms with Gasteiger partial charge in [0.2, 0.25) is 10.0 Å². The lowest BCUT2D eigenvalue weighted by Crippen LogP contribution is -2.50. The Morgan fingerprint density at radius 3 is 2.86 bits per heavy atom. The van der Waals surface area contributed by atoms with Gasteiger partial charge in [-0.15, -0.1) is 11.3 Å². The van der Waals surface area contributed by atoms with Gasteiger partial charge >= 0.3 is 0 Å². The van der Waals surface area contributed by atoms with Crippen molar-refractivity contribution in [3.63, 3.8) is 0 Å². The van der Waals surface area contributed by atoms with Crippen LogP contribution in [0.5, 0.6) is 0 Å². The summed E-state index contributed by atoms with van der Waals surface area (Å²) in [5.74, 6) is 0. The third kappa shape index (κ3) is 3.62. The second kappa shape index (κ2) is 6.70. The van der Waals surface area contributed by atoms with Crippen molar-refractivity contribution < 1.29 is 13.2 Å². The highest BCUT2D eigenvalue weighted by atomic mass is 32.2. The van der Waals surface area contributed by atoms with Crippen LogP contribution in [0.15, 0.2) is 11.7 Å². The Balaban J connectivity index is 1.64. The molecule has 2 saturated heterocycles. The average Bonchev–Trinajstić information content (AvgIpc) is 3.01. The zero-order valence-electron chi connectivity index (χ0n) is 12.0. The zero-order valence-corrected chi connectivity index (χ0v) is 13.6. The molecule has 0 saturated carbocycles. The van der Waals surface area contributed by atoms with E-state index >= 15 is 0 Å². The van der Waals surface area contributed by atoms with Crippen molar-refractivity contribution in [3.05, 3.63) is 16.6 Å². The number of hydrogen-bond donors (Lipinski definition) is 0. The third-order valence-electron chi connectivity index (χ3n) is 4.08. The molecule has 3 heterocycles. The zero-order chi connectivity index (χ0) is 14.7. The first-order valence-corrected chi connectivity index (χ1v) is 9.71. The quantitative estimate of drug-likeness (QED) is 0.815. The number of piperidine rings is 1. The van der Waals surface area contributed by atoms with Crippen LogP contribution in [0.3, 0.4) is 0 Å². The van der Waals surface area contributed by atoms with Crippen molar-refractivity contribution >= 4 is 21.4 Å². The molecule has 0 bridgehead atoms. The number of sulfonamides is 1. The first kappa shape index (κ1) is 15.4. The Hall–Kier alpha value is -0.540. The van der Waals surface area contributed by atoms with Crippen molar-refractivity contribution in [1.82, 2.24) is 14.2 Å². The van der Waals surface area contributed by atoms with Crippen LogP contribution in [-0.2, 0) is 21.3 Å². The number of thiazole rings is 1. The van der Waals surface area contributed by atoms with E-state index in [1.807, 2.05) is 11.7 Å². The van der Waals surface area contributed by atoms with E-state index < -0.39 is 10.0 Å². The SMILES string of the molecule is O=S(=O)([C@@H]1CCCN(Cc2cncs2)C1)N1CCOCC1. The molecule has 2 aliphatic rings. The highest BCUT2D eigenvalue weighted by Crippen LogP contribution is 2.23. The molecule has 8 heteroatoms. The standard InChI is InChI=1S/C13H21N3O3S2/c17-21(18,16-4-6-19-7-5-16)13-2-1-3-15(10-13)9-12-8-14-11-20-12/h8,11,13H,1-7,9-10H2/t13-/m1/s1. The lowest BCUT2D eigenvalue weighted by molar-refractivity contribution is 0.0719. The van der Waals surface area contributed by atoms with Crippen LogP contribution in [-0.4, -0.2) is 67.2 Å². The predicted octanol–water partition coefficient (Wildman–Crippen LogP) is 0.769. The number of aromatic nitrogens is 1. The molecular formula is C13H21N3O3S2. The van der Waals surface area contributed by atoms with Crippen LogP contribution in [0.4, 0.5) is 0 Å². The Bertz CT molecular complexity index is 541. The summed E-state index contributed by atoms with van der Waals surface area (Å²) in [7, 11) is -3.20. The van der Waals surface area contributed by atoms with Gasteiger partial charge in [-0.25, -0.2) is 8.42 Å². The van der Waals surface area contributed by atoms with Crippen molar-refractivity contribution in [1.29, 1.82) is 0 Å². The largest absolute Gasteiger partial charge is 0.379 e. The number of nitrogens with zero attached hydrogens (tertiary/aromatic N) is 3. The van der Waals surface area contributed by atoms with Crippen molar-refractivity contribution in [2.24, 2.45) is 0 Å². The molecule has 118 valence electrons. The molecule has 0 amide bonds. The van der Waals surface area contributed by atoms with Gasteiger partial charge < -0.3 is 4.74 Å². The monoisotopic (exact) mass is 331 g/mol. The van der Waals surface area contributed by atoms with Gasteiger partial charge in [0.05, 0.1) is 24.0 Å². The maximum Gasteiger partial charge on any atom is 0.218 e. The van der Waals surface area contributed by atoms with Gasteiger partial charge in [-0.2, -0.15) is 4.31 Å². The van der Waals surface area contributed by atoms with Gasteiger partial charge in [0, 0.05) is 37.3 Å². The number of ether oxygens (including phenoxy) is 1. The maximum absolute atomic E-state index is 12.7. The molecule has 1 aromatic heterocycles. The number of morpholine rings is 1. The Kier molecular flexibility index (Phi) is 4.90. The summed E-state index contributed by atoms with van der Waals surface area (Å²) in [5, 5.41) is -0.280. The van der Waals surface area contributed by atoms with E-state index in [9.17, 15) is 8.42 Å². The number of hydrogen-bond acceptors (Lipinski definition) is 6. The lowest BCUT2D eigenvalue weighted by Gasteiger charge is -2.36. The predicted molar refractivity (Wildman–Crippen MR) is 81.7 cm³/mol. The van der Waals surface area contributed by atoms with Crippen LogP contribution < -0.4 is 0 Å². The molecular weight excluding hydrogens is 310 g/mol. The van der Waals surface area contributed by atoms with E-state index in [2.05, 4.69) is 9.88 Å². The highest BCUT2D eigenvalue weighted by Gasteiger charge is 2.36. The van der Waals surface area contributed by atoms with Gasteiger partial charge in [-0.05, 0) is 19.4 Å². The van der Waals surface area contributed by atoms with Crippen LogP contribution in [0.25, 0.3) is 0 Å². The maximum atomic E-state index is 12.7. The topological polar surface area (TPSA) is 62.7 Å². The van der Waals surface area contributed by atoms with Gasteiger partial charge in [0.25, 0.3) is 0 Å². The summed E-state index contributed by atoms with van der Waals surface area (Å²) in [6.07, 6.45) is 3.57. The molecule has 3 rings (SSSR count). The van der Waals surface area contributed by atoms with E-state index in [0.717, 1.165) is 25.9 Å². The minimum Gasteiger partial charge on any atom is -0.379 e. The van der Waals surface area contributed by atoms with Crippen LogP contribution >= 0.6 is 11.3 Å². The number of likely N-dealkylation sites (tertiary alicyclic amines) is 1. The lowest BCUT2D eigenvalue weighted by atomic mass is 10.1. The fourth-order valence-electron chi connectivity index (χ4n) is 2.95. The molecule has 0 spiro atoms. The third-order valence-corrected chi connectivity index (χ3v) is 7.15. The molecule has 21 heavy (non-hydrogen) atoms. The van der Waals surface area contributed by atoms with Crippen LogP contribution in [0.2, 0.25) is 0 Å². The molecule has 2 aliphatic heterocycles. The van der Waals surface area contributed by atoms with E-state index in [4.69, 9.17) is 4.74 Å². The van der Waals surface area contributed by atoms with E-state index in [1.165, 1.54) is 4.88 Å². The summed E-state index contributed by atoms with van der Waals surface area (Å²) in [4.78, 5) is 7.51. The molecule has 2 fully saturated rings. The van der Waals surface area contributed by atoms with E-state index in [1.54, 1.807) is 15.6 Å². The normalized spacial score (nSPS) is 26.0. The highest BCUT2D eigenvalue weighted by molar-refractivity contribution is 7.89. The Morgan fingerprint density at radius 2 is 2.14 bits per heavy atom. The van der Waals surface area contributed by atoms with Crippen molar-refractivity contribution in [3.8, 4) is 0 Å². The van der Waals surface area contributed by atoms with Crippen LogP contribution in [0, 0.1) is 0 Å². The smallest absolute Gasteiger partial charge is 0.218 e. The van der Waals surface area contributed by atoms with E-state index in [-0.39, 0.29) is 5.25 Å². The fraction of sp³-hybridized carbons (Fsp3) is 0.769. The molecule has 6 nitrogen and oxygen atoms in total. The molecule has 0 radical (unpaired) electrons. The second-order valence-corrected chi connectivity index (χ2v) is 8.71. The van der Waals surface area contributed by atoms with Crippen LogP contribution in [0.1, 0.15) is 17.7 Å². The van der Waals surface area contributed by atoms with Crippen molar-refractivity contribution in [2.75, 3.05) is 39.4 Å². The second-order valence-electron chi connectivity index (χ2n) is 5.52. The Morgan fingerprint density at radius 1 is 1.33 bits per heavy atom. The van der Waals surface area contributed by atoms with Crippen molar-refractivity contribution in [2.45, 2.75) is 24.6 Å². The summed E-state index contributed by atoms with van der Waals surface area (Å²) in [6, 6.07) is 0. The molecule has 0 aromatic carbocycles. The molecule has 1 atom stereocenters.